The summed E-state index contributed by atoms with van der Waals surface area (Å²) >= 11 is 0. The van der Waals surface area contributed by atoms with Crippen LogP contribution in [0, 0.1) is 5.92 Å². The van der Waals surface area contributed by atoms with Gasteiger partial charge in [-0.25, -0.2) is 0 Å². The first-order valence-corrected chi connectivity index (χ1v) is 7.11. The van der Waals surface area contributed by atoms with Crippen molar-refractivity contribution in [3.8, 4) is 0 Å². The molecule has 1 aliphatic heterocycles. The van der Waals surface area contributed by atoms with Crippen LogP contribution in [0.2, 0.25) is 0 Å². The standard InChI is InChI=1S/C14H30N2O/c1-13(2)14(11-15,12-17-3)16-9-7-5-4-6-8-10-16/h13H,4-12,15H2,1-3H3. The minimum Gasteiger partial charge on any atom is -0.383 e. The van der Waals surface area contributed by atoms with E-state index in [9.17, 15) is 0 Å². The third-order valence-electron chi connectivity index (χ3n) is 4.31. The van der Waals surface area contributed by atoms with Crippen molar-refractivity contribution in [3.63, 3.8) is 0 Å². The second-order valence-electron chi connectivity index (χ2n) is 5.65. The lowest BCUT2D eigenvalue weighted by atomic mass is 9.84. The summed E-state index contributed by atoms with van der Waals surface area (Å²) in [4.78, 5) is 2.60. The van der Waals surface area contributed by atoms with Crippen LogP contribution in [0.15, 0.2) is 0 Å². The maximum Gasteiger partial charge on any atom is 0.0661 e. The molecular weight excluding hydrogens is 212 g/mol. The highest BCUT2D eigenvalue weighted by atomic mass is 16.5. The van der Waals surface area contributed by atoms with Gasteiger partial charge < -0.3 is 10.5 Å². The van der Waals surface area contributed by atoms with Gasteiger partial charge in [0.2, 0.25) is 0 Å². The van der Waals surface area contributed by atoms with Crippen LogP contribution in [0.3, 0.4) is 0 Å². The fourth-order valence-electron chi connectivity index (χ4n) is 2.99. The molecule has 0 amide bonds. The molecule has 1 fully saturated rings. The molecule has 0 aliphatic carbocycles. The molecule has 1 saturated heterocycles. The fraction of sp³-hybridized carbons (Fsp3) is 1.00. The van der Waals surface area contributed by atoms with E-state index in [0.29, 0.717) is 12.5 Å². The van der Waals surface area contributed by atoms with Gasteiger partial charge in [-0.3, -0.25) is 4.90 Å². The van der Waals surface area contributed by atoms with Crippen LogP contribution in [-0.2, 0) is 4.74 Å². The molecule has 0 aromatic heterocycles. The van der Waals surface area contributed by atoms with Crippen LogP contribution in [0.1, 0.15) is 46.0 Å². The van der Waals surface area contributed by atoms with Crippen molar-refractivity contribution in [2.24, 2.45) is 11.7 Å². The number of nitrogens with two attached hydrogens (primary N) is 1. The first-order valence-electron chi connectivity index (χ1n) is 7.11. The molecule has 0 aromatic rings. The van der Waals surface area contributed by atoms with Gasteiger partial charge in [-0.1, -0.05) is 33.1 Å². The van der Waals surface area contributed by atoms with E-state index >= 15 is 0 Å². The van der Waals surface area contributed by atoms with Crippen molar-refractivity contribution in [1.29, 1.82) is 0 Å². The zero-order chi connectivity index (χ0) is 12.7. The summed E-state index contributed by atoms with van der Waals surface area (Å²) in [5.74, 6) is 0.534. The summed E-state index contributed by atoms with van der Waals surface area (Å²) in [5, 5.41) is 0. The summed E-state index contributed by atoms with van der Waals surface area (Å²) in [6, 6.07) is 0. The zero-order valence-electron chi connectivity index (χ0n) is 11.9. The topological polar surface area (TPSA) is 38.5 Å². The first kappa shape index (κ1) is 14.9. The monoisotopic (exact) mass is 242 g/mol. The van der Waals surface area contributed by atoms with Gasteiger partial charge in [0.15, 0.2) is 0 Å². The molecule has 2 N–H and O–H groups in total. The van der Waals surface area contributed by atoms with E-state index in [1.54, 1.807) is 7.11 Å². The van der Waals surface area contributed by atoms with E-state index in [2.05, 4.69) is 18.7 Å². The fourth-order valence-corrected chi connectivity index (χ4v) is 2.99. The molecule has 0 aromatic carbocycles. The minimum absolute atomic E-state index is 0.0338. The van der Waals surface area contributed by atoms with Gasteiger partial charge in [0.25, 0.3) is 0 Å². The van der Waals surface area contributed by atoms with Crippen molar-refractivity contribution >= 4 is 0 Å². The maximum atomic E-state index is 6.09. The Kier molecular flexibility index (Phi) is 6.45. The average Bonchev–Trinajstić information content (AvgIpc) is 2.26. The van der Waals surface area contributed by atoms with Gasteiger partial charge in [0.1, 0.15) is 0 Å². The Balaban J connectivity index is 2.77. The highest BCUT2D eigenvalue weighted by molar-refractivity contribution is 4.95. The summed E-state index contributed by atoms with van der Waals surface area (Å²) in [6.45, 7) is 8.34. The molecule has 1 unspecified atom stereocenters. The summed E-state index contributed by atoms with van der Waals surface area (Å²) < 4.78 is 5.46. The molecular formula is C14H30N2O. The maximum absolute atomic E-state index is 6.09. The number of nitrogens with zero attached hydrogens (tertiary/aromatic N) is 1. The van der Waals surface area contributed by atoms with Crippen molar-refractivity contribution < 1.29 is 4.74 Å². The van der Waals surface area contributed by atoms with Gasteiger partial charge >= 0.3 is 0 Å². The van der Waals surface area contributed by atoms with Gasteiger partial charge in [-0.2, -0.15) is 0 Å². The normalized spacial score (nSPS) is 23.1. The molecule has 102 valence electrons. The highest BCUT2D eigenvalue weighted by Gasteiger charge is 2.38. The quantitative estimate of drug-likeness (QED) is 0.803. The van der Waals surface area contributed by atoms with Gasteiger partial charge in [0, 0.05) is 13.7 Å². The lowest BCUT2D eigenvalue weighted by molar-refractivity contribution is -0.0201. The van der Waals surface area contributed by atoms with Crippen LogP contribution in [0.5, 0.6) is 0 Å². The summed E-state index contributed by atoms with van der Waals surface area (Å²) in [6.07, 6.45) is 6.73. The van der Waals surface area contributed by atoms with Crippen LogP contribution >= 0.6 is 0 Å². The molecule has 3 heteroatoms. The molecule has 0 saturated carbocycles. The largest absolute Gasteiger partial charge is 0.383 e. The van der Waals surface area contributed by atoms with E-state index in [-0.39, 0.29) is 5.54 Å². The molecule has 1 rings (SSSR count). The molecule has 1 atom stereocenters. The Bertz CT molecular complexity index is 200. The molecule has 17 heavy (non-hydrogen) atoms. The van der Waals surface area contributed by atoms with Crippen molar-refractivity contribution in [1.82, 2.24) is 4.90 Å². The SMILES string of the molecule is COCC(CN)(C(C)C)N1CCCCCCC1. The Morgan fingerprint density at radius 3 is 2.06 bits per heavy atom. The van der Waals surface area contributed by atoms with E-state index in [4.69, 9.17) is 10.5 Å². The average molecular weight is 242 g/mol. The van der Waals surface area contributed by atoms with E-state index in [1.165, 1.54) is 45.2 Å². The number of hydrogen-bond donors (Lipinski definition) is 1. The first-order chi connectivity index (χ1) is 8.17. The number of methoxy groups -OCH3 is 1. The molecule has 1 heterocycles. The number of rotatable bonds is 5. The molecule has 0 radical (unpaired) electrons. The van der Waals surface area contributed by atoms with E-state index in [1.807, 2.05) is 0 Å². The van der Waals surface area contributed by atoms with Crippen molar-refractivity contribution in [3.05, 3.63) is 0 Å². The number of likely N-dealkylation sites (tertiary alicyclic amines) is 1. The molecule has 0 spiro atoms. The lowest BCUT2D eigenvalue weighted by Crippen LogP contribution is -2.61. The highest BCUT2D eigenvalue weighted by Crippen LogP contribution is 2.27. The van der Waals surface area contributed by atoms with Crippen molar-refractivity contribution in [2.45, 2.75) is 51.5 Å². The number of hydrogen-bond acceptors (Lipinski definition) is 3. The predicted molar refractivity (Wildman–Crippen MR) is 73.2 cm³/mol. The van der Waals surface area contributed by atoms with E-state index < -0.39 is 0 Å². The lowest BCUT2D eigenvalue weighted by Gasteiger charge is -2.46. The Morgan fingerprint density at radius 2 is 1.65 bits per heavy atom. The van der Waals surface area contributed by atoms with Crippen LogP contribution in [-0.4, -0.2) is 43.8 Å². The van der Waals surface area contributed by atoms with Crippen molar-refractivity contribution in [2.75, 3.05) is 33.4 Å². The molecule has 0 bridgehead atoms. The Labute approximate surface area is 107 Å². The third kappa shape index (κ3) is 3.67. The smallest absolute Gasteiger partial charge is 0.0661 e. The third-order valence-corrected chi connectivity index (χ3v) is 4.31. The minimum atomic E-state index is 0.0338. The number of ether oxygens (including phenoxy) is 1. The van der Waals surface area contributed by atoms with Crippen LogP contribution in [0.25, 0.3) is 0 Å². The predicted octanol–water partition coefficient (Wildman–Crippen LogP) is 2.25. The molecule has 1 aliphatic rings. The van der Waals surface area contributed by atoms with Gasteiger partial charge in [-0.15, -0.1) is 0 Å². The van der Waals surface area contributed by atoms with Crippen LogP contribution in [0.4, 0.5) is 0 Å². The molecule has 3 nitrogen and oxygen atoms in total. The Morgan fingerprint density at radius 1 is 1.12 bits per heavy atom. The van der Waals surface area contributed by atoms with Crippen LogP contribution < -0.4 is 5.73 Å². The van der Waals surface area contributed by atoms with E-state index in [0.717, 1.165) is 6.61 Å². The Hall–Kier alpha value is -0.120. The summed E-state index contributed by atoms with van der Waals surface area (Å²) in [7, 11) is 1.79. The summed E-state index contributed by atoms with van der Waals surface area (Å²) in [5.41, 5.74) is 6.13. The second-order valence-corrected chi connectivity index (χ2v) is 5.65. The van der Waals surface area contributed by atoms with Gasteiger partial charge in [-0.05, 0) is 31.8 Å². The zero-order valence-corrected chi connectivity index (χ0v) is 11.9. The van der Waals surface area contributed by atoms with Gasteiger partial charge in [0.05, 0.1) is 12.1 Å². The second kappa shape index (κ2) is 7.34.